The van der Waals surface area contributed by atoms with Crippen LogP contribution >= 0.6 is 24.6 Å². The quantitative estimate of drug-likeness (QED) is 0.225. The molecular weight excluding hydrogens is 689 g/mol. The van der Waals surface area contributed by atoms with Crippen molar-refractivity contribution < 1.29 is 116 Å². The van der Waals surface area contributed by atoms with E-state index in [0.717, 1.165) is 24.6 Å². The molecule has 0 aliphatic heterocycles. The Morgan fingerprint density at radius 3 is 0.704 bits per heavy atom. The Morgan fingerprint density at radius 2 is 0.667 bits per heavy atom. The first kappa shape index (κ1) is 43.7. The standard InChI is InChI=1S/3C6H8P.3ClH.3Zr/c3*1-5-3-7-4-6(5)2;;;;;;/h3*3,7H,1-2H3;3*1H;;;/q3*-1;;;;3*+2/p-3. The summed E-state index contributed by atoms with van der Waals surface area (Å²) < 4.78 is 0. The van der Waals surface area contributed by atoms with Crippen LogP contribution in [0.4, 0.5) is 0 Å². The van der Waals surface area contributed by atoms with E-state index >= 15 is 0 Å². The van der Waals surface area contributed by atoms with E-state index in [2.05, 4.69) is 76.3 Å². The van der Waals surface area contributed by atoms with E-state index in [9.17, 15) is 0 Å². The van der Waals surface area contributed by atoms with Crippen LogP contribution in [0.1, 0.15) is 33.4 Å². The maximum Gasteiger partial charge on any atom is 2.00 e. The van der Waals surface area contributed by atoms with E-state index in [-0.39, 0.29) is 116 Å². The van der Waals surface area contributed by atoms with Gasteiger partial charge in [0.15, 0.2) is 0 Å². The van der Waals surface area contributed by atoms with Crippen molar-refractivity contribution >= 4 is 24.6 Å². The third-order valence-electron chi connectivity index (χ3n) is 3.42. The second-order valence-electron chi connectivity index (χ2n) is 5.17. The zero-order chi connectivity index (χ0) is 15.8. The Balaban J connectivity index is -0.0000000551. The molecule has 0 nitrogen and oxygen atoms in total. The smallest absolute Gasteiger partial charge is 1.00 e. The first-order valence-electron chi connectivity index (χ1n) is 6.98. The second kappa shape index (κ2) is 25.1. The molecule has 0 aromatic carbocycles. The molecule has 3 rings (SSSR count). The Kier molecular flexibility index (Phi) is 40.6. The van der Waals surface area contributed by atoms with Gasteiger partial charge in [-0.05, 0) is 0 Å². The first-order valence-corrected chi connectivity index (χ1v) is 10.2. The van der Waals surface area contributed by atoms with Crippen LogP contribution in [0.25, 0.3) is 0 Å². The van der Waals surface area contributed by atoms with Crippen LogP contribution in [0.5, 0.6) is 0 Å². The van der Waals surface area contributed by atoms with Crippen molar-refractivity contribution in [3.05, 3.63) is 68.2 Å². The number of hydrogen-bond acceptors (Lipinski definition) is 0. The molecule has 0 amide bonds. The van der Waals surface area contributed by atoms with Gasteiger partial charge in [0, 0.05) is 0 Å². The number of rotatable bonds is 0. The van der Waals surface area contributed by atoms with E-state index < -0.39 is 0 Å². The summed E-state index contributed by atoms with van der Waals surface area (Å²) in [5.41, 5.74) is 8.20. The van der Waals surface area contributed by atoms with Crippen LogP contribution in [0.15, 0.2) is 17.4 Å². The number of halogens is 3. The van der Waals surface area contributed by atoms with Crippen molar-refractivity contribution in [2.24, 2.45) is 0 Å². The van der Waals surface area contributed by atoms with E-state index in [1.807, 2.05) is 0 Å². The summed E-state index contributed by atoms with van der Waals surface area (Å²) in [4.78, 5) is 0. The molecule has 3 heterocycles. The monoisotopic (exact) mass is 708 g/mol. The van der Waals surface area contributed by atoms with Gasteiger partial charge in [-0.3, -0.25) is 24.6 Å². The number of hydrogen-bond donors (Lipinski definition) is 0. The summed E-state index contributed by atoms with van der Waals surface area (Å²) in [6.07, 6.45) is 0. The van der Waals surface area contributed by atoms with Crippen LogP contribution in [0.2, 0.25) is 0 Å². The fraction of sp³-hybridized carbons (Fsp3) is 0.333. The van der Waals surface area contributed by atoms with Crippen LogP contribution in [0, 0.1) is 58.9 Å². The first-order chi connectivity index (χ1) is 9.91. The molecule has 9 heteroatoms. The molecule has 3 aromatic rings. The minimum atomic E-state index is 0. The zero-order valence-corrected chi connectivity index (χ0v) is 29.0. The molecular formula is C18H24Cl3P3Zr3. The predicted octanol–water partition coefficient (Wildman–Crippen LogP) is -2.59. The summed E-state index contributed by atoms with van der Waals surface area (Å²) in [6.45, 7) is 12.7. The summed E-state index contributed by atoms with van der Waals surface area (Å²) in [6, 6.07) is 0. The van der Waals surface area contributed by atoms with E-state index in [0.29, 0.717) is 0 Å². The SMILES string of the molecule is Cc1[c-][pH]cc1C.Cc1[c-][pH]cc1C.Cc1[c-][pH]cc1C.[Cl-].[Cl-].[Cl-].[Zr+2].[Zr+2].[Zr+2]. The molecule has 0 aliphatic carbocycles. The van der Waals surface area contributed by atoms with Gasteiger partial charge in [-0.1, -0.05) is 41.5 Å². The van der Waals surface area contributed by atoms with Gasteiger partial charge < -0.3 is 37.2 Å². The molecule has 3 aromatic heterocycles. The maximum absolute atomic E-state index is 3.22. The third kappa shape index (κ3) is 19.3. The minimum Gasteiger partial charge on any atom is -1.00 e. The summed E-state index contributed by atoms with van der Waals surface area (Å²) >= 11 is 0. The fourth-order valence-corrected chi connectivity index (χ4v) is 4.13. The van der Waals surface area contributed by atoms with Crippen LogP contribution in [0.3, 0.4) is 0 Å². The Bertz CT molecular complexity index is 527. The van der Waals surface area contributed by atoms with E-state index in [1.165, 1.54) is 33.4 Å². The average molecular weight is 713 g/mol. The Labute approximate surface area is 246 Å². The topological polar surface area (TPSA) is 0 Å². The summed E-state index contributed by atoms with van der Waals surface area (Å²) in [7, 11) is 2.46. The minimum absolute atomic E-state index is 0. The van der Waals surface area contributed by atoms with Crippen molar-refractivity contribution in [3.63, 3.8) is 0 Å². The molecule has 27 heavy (non-hydrogen) atoms. The van der Waals surface area contributed by atoms with Gasteiger partial charge >= 0.3 is 78.6 Å². The summed E-state index contributed by atoms with van der Waals surface area (Å²) in [5.74, 6) is 16.3. The molecule has 0 bridgehead atoms. The molecule has 0 aliphatic rings. The van der Waals surface area contributed by atoms with E-state index in [4.69, 9.17) is 0 Å². The average Bonchev–Trinajstić information content (AvgIpc) is 3.11. The van der Waals surface area contributed by atoms with Gasteiger partial charge in [-0.15, -0.1) is 0 Å². The van der Waals surface area contributed by atoms with Gasteiger partial charge in [0.05, 0.1) is 0 Å². The van der Waals surface area contributed by atoms with Crippen LogP contribution < -0.4 is 37.2 Å². The molecule has 3 unspecified atom stereocenters. The fourth-order valence-electron chi connectivity index (χ4n) is 1.38. The molecule has 0 fully saturated rings. The third-order valence-corrected chi connectivity index (χ3v) is 6.71. The molecule has 0 radical (unpaired) electrons. The van der Waals surface area contributed by atoms with Gasteiger partial charge in [0.1, 0.15) is 0 Å². The van der Waals surface area contributed by atoms with Gasteiger partial charge in [0.25, 0.3) is 0 Å². The van der Waals surface area contributed by atoms with Crippen molar-refractivity contribution in [2.75, 3.05) is 0 Å². The van der Waals surface area contributed by atoms with Crippen molar-refractivity contribution in [2.45, 2.75) is 41.5 Å². The second-order valence-corrected chi connectivity index (χ2v) is 7.65. The molecule has 3 atom stereocenters. The molecule has 144 valence electrons. The van der Waals surface area contributed by atoms with Gasteiger partial charge in [-0.25, -0.2) is 0 Å². The Morgan fingerprint density at radius 1 is 0.481 bits per heavy atom. The normalized spacial score (nSPS) is 8.22. The zero-order valence-electron chi connectivity index (χ0n) is 16.4. The van der Waals surface area contributed by atoms with Gasteiger partial charge in [-0.2, -0.15) is 68.2 Å². The van der Waals surface area contributed by atoms with Gasteiger partial charge in [0.2, 0.25) is 0 Å². The summed E-state index contributed by atoms with van der Waals surface area (Å²) in [5, 5.41) is 0. The molecule has 0 saturated heterocycles. The predicted molar refractivity (Wildman–Crippen MR) is 103 cm³/mol. The molecule has 0 spiro atoms. The number of aryl methyl sites for hydroxylation is 6. The van der Waals surface area contributed by atoms with Crippen LogP contribution in [-0.2, 0) is 78.6 Å². The molecule has 0 saturated carbocycles. The van der Waals surface area contributed by atoms with Crippen LogP contribution in [-0.4, -0.2) is 0 Å². The maximum atomic E-state index is 3.22. The Hall–Kier alpha value is 2.86. The van der Waals surface area contributed by atoms with Crippen molar-refractivity contribution in [1.29, 1.82) is 0 Å². The van der Waals surface area contributed by atoms with Crippen molar-refractivity contribution in [1.82, 2.24) is 0 Å². The van der Waals surface area contributed by atoms with E-state index in [1.54, 1.807) is 0 Å². The molecule has 0 N–H and O–H groups in total. The van der Waals surface area contributed by atoms with Crippen molar-refractivity contribution in [3.8, 4) is 0 Å². The largest absolute Gasteiger partial charge is 2.00 e.